The first-order valence-corrected chi connectivity index (χ1v) is 4.32. The third-order valence-electron chi connectivity index (χ3n) is 2.23. The van der Waals surface area contributed by atoms with Crippen molar-refractivity contribution in [3.8, 4) is 0 Å². The number of halogens is 2. The van der Waals surface area contributed by atoms with Gasteiger partial charge < -0.3 is 9.84 Å². The van der Waals surface area contributed by atoms with Gasteiger partial charge in [-0.2, -0.15) is 0 Å². The van der Waals surface area contributed by atoms with Gasteiger partial charge in [-0.1, -0.05) is 0 Å². The van der Waals surface area contributed by atoms with Crippen LogP contribution in [0.3, 0.4) is 0 Å². The quantitative estimate of drug-likeness (QED) is 0.657. The third kappa shape index (κ3) is 2.62. The number of esters is 1. The van der Waals surface area contributed by atoms with Crippen LogP contribution in [0.25, 0.3) is 0 Å². The molecule has 82 valence electrons. The van der Waals surface area contributed by atoms with Crippen LogP contribution in [0.5, 0.6) is 0 Å². The van der Waals surface area contributed by atoms with Gasteiger partial charge in [0.15, 0.2) is 0 Å². The molecule has 0 bridgehead atoms. The molecule has 14 heavy (non-hydrogen) atoms. The van der Waals surface area contributed by atoms with Crippen LogP contribution in [0.15, 0.2) is 0 Å². The highest BCUT2D eigenvalue weighted by Crippen LogP contribution is 2.19. The van der Waals surface area contributed by atoms with Gasteiger partial charge in [-0.3, -0.25) is 9.69 Å². The van der Waals surface area contributed by atoms with Crippen LogP contribution in [0.2, 0.25) is 0 Å². The number of rotatable bonds is 3. The minimum absolute atomic E-state index is 0.101. The lowest BCUT2D eigenvalue weighted by molar-refractivity contribution is -0.146. The highest BCUT2D eigenvalue weighted by atomic mass is 19.3. The second kappa shape index (κ2) is 4.65. The Kier molecular flexibility index (Phi) is 3.77. The van der Waals surface area contributed by atoms with Crippen LogP contribution >= 0.6 is 0 Å². The third-order valence-corrected chi connectivity index (χ3v) is 2.23. The van der Waals surface area contributed by atoms with Gasteiger partial charge in [0.2, 0.25) is 0 Å². The monoisotopic (exact) mass is 209 g/mol. The summed E-state index contributed by atoms with van der Waals surface area (Å²) in [7, 11) is 1.20. The molecule has 0 spiro atoms. The number of hydrogen-bond donors (Lipinski definition) is 1. The van der Waals surface area contributed by atoms with Gasteiger partial charge in [0.05, 0.1) is 19.8 Å². The van der Waals surface area contributed by atoms with Crippen molar-refractivity contribution >= 4 is 5.97 Å². The van der Waals surface area contributed by atoms with Crippen LogP contribution in [-0.4, -0.2) is 54.7 Å². The lowest BCUT2D eigenvalue weighted by Gasteiger charge is -2.20. The Morgan fingerprint density at radius 3 is 2.86 bits per heavy atom. The van der Waals surface area contributed by atoms with E-state index in [1.807, 2.05) is 0 Å². The molecule has 0 aromatic rings. The van der Waals surface area contributed by atoms with Crippen molar-refractivity contribution in [2.45, 2.75) is 25.0 Å². The van der Waals surface area contributed by atoms with E-state index in [0.29, 0.717) is 0 Å². The maximum Gasteiger partial charge on any atom is 0.323 e. The molecule has 2 atom stereocenters. The number of hydrogen-bond acceptors (Lipinski definition) is 4. The number of carbonyl (C=O) groups excluding carboxylic acids is 1. The number of methoxy groups -OCH3 is 1. The van der Waals surface area contributed by atoms with Gasteiger partial charge >= 0.3 is 5.97 Å². The minimum atomic E-state index is -2.51. The average Bonchev–Trinajstić information content (AvgIpc) is 2.44. The number of nitrogens with zero attached hydrogens (tertiary/aromatic N) is 1. The number of aliphatic hydroxyl groups excluding tert-OH is 1. The van der Waals surface area contributed by atoms with E-state index < -0.39 is 31.1 Å². The van der Waals surface area contributed by atoms with Crippen LogP contribution in [0.1, 0.15) is 6.42 Å². The molecule has 1 aliphatic rings. The molecule has 1 aliphatic heterocycles. The average molecular weight is 209 g/mol. The minimum Gasteiger partial charge on any atom is -0.468 e. The topological polar surface area (TPSA) is 49.8 Å². The molecule has 0 aromatic carbocycles. The summed E-state index contributed by atoms with van der Waals surface area (Å²) in [6, 6.07) is -0.732. The Morgan fingerprint density at radius 2 is 2.36 bits per heavy atom. The fourth-order valence-corrected chi connectivity index (χ4v) is 1.64. The molecule has 1 fully saturated rings. The molecule has 1 heterocycles. The van der Waals surface area contributed by atoms with Crippen LogP contribution in [0, 0.1) is 0 Å². The molecule has 0 saturated carbocycles. The highest BCUT2D eigenvalue weighted by Gasteiger charge is 2.37. The van der Waals surface area contributed by atoms with Gasteiger partial charge in [-0.05, 0) is 0 Å². The van der Waals surface area contributed by atoms with E-state index >= 15 is 0 Å². The molecule has 2 unspecified atom stereocenters. The normalized spacial score (nSPS) is 28.4. The zero-order chi connectivity index (χ0) is 10.7. The van der Waals surface area contributed by atoms with Crippen LogP contribution in [0.4, 0.5) is 8.78 Å². The maximum atomic E-state index is 12.1. The summed E-state index contributed by atoms with van der Waals surface area (Å²) in [5.74, 6) is -0.567. The van der Waals surface area contributed by atoms with Crippen molar-refractivity contribution in [3.63, 3.8) is 0 Å². The lowest BCUT2D eigenvalue weighted by atomic mass is 10.2. The Labute approximate surface area is 80.4 Å². The van der Waals surface area contributed by atoms with Crippen molar-refractivity contribution in [3.05, 3.63) is 0 Å². The summed E-state index contributed by atoms with van der Waals surface area (Å²) in [5.41, 5.74) is 0. The molecule has 6 heteroatoms. The predicted octanol–water partition coefficient (Wildman–Crippen LogP) is -0.140. The van der Waals surface area contributed by atoms with E-state index in [1.165, 1.54) is 12.0 Å². The van der Waals surface area contributed by atoms with E-state index in [9.17, 15) is 18.7 Å². The predicted molar refractivity (Wildman–Crippen MR) is 44.0 cm³/mol. The second-order valence-electron chi connectivity index (χ2n) is 3.27. The molecule has 1 rings (SSSR count). The summed E-state index contributed by atoms with van der Waals surface area (Å²) in [5, 5.41) is 9.23. The number of likely N-dealkylation sites (tertiary alicyclic amines) is 1. The smallest absolute Gasteiger partial charge is 0.323 e. The molecular formula is C8H13F2NO3. The van der Waals surface area contributed by atoms with E-state index in [4.69, 9.17) is 0 Å². The molecule has 0 radical (unpaired) electrons. The summed E-state index contributed by atoms with van der Waals surface area (Å²) >= 11 is 0. The number of β-amino-alcohol motifs (C(OH)–C–C–N with tert-alkyl or cyclic N) is 1. The Morgan fingerprint density at radius 1 is 1.71 bits per heavy atom. The largest absolute Gasteiger partial charge is 0.468 e. The van der Waals surface area contributed by atoms with E-state index in [0.717, 1.165) is 0 Å². The first-order valence-electron chi connectivity index (χ1n) is 4.32. The van der Waals surface area contributed by atoms with Gasteiger partial charge in [0.25, 0.3) is 6.43 Å². The van der Waals surface area contributed by atoms with Gasteiger partial charge in [-0.25, -0.2) is 8.78 Å². The Bertz CT molecular complexity index is 213. The lowest BCUT2D eigenvalue weighted by Crippen LogP contribution is -2.39. The zero-order valence-corrected chi connectivity index (χ0v) is 7.82. The van der Waals surface area contributed by atoms with E-state index in [-0.39, 0.29) is 13.0 Å². The molecule has 0 amide bonds. The Hall–Kier alpha value is -0.750. The first kappa shape index (κ1) is 11.3. The Balaban J connectivity index is 2.58. The molecule has 0 aliphatic carbocycles. The summed E-state index contributed by atoms with van der Waals surface area (Å²) in [6.07, 6.45) is -3.07. The van der Waals surface area contributed by atoms with Gasteiger partial charge in [-0.15, -0.1) is 0 Å². The number of ether oxygens (including phenoxy) is 1. The fourth-order valence-electron chi connectivity index (χ4n) is 1.64. The molecule has 1 saturated heterocycles. The van der Waals surface area contributed by atoms with Gasteiger partial charge in [0, 0.05) is 13.0 Å². The zero-order valence-electron chi connectivity index (χ0n) is 7.82. The number of aliphatic hydroxyl groups is 1. The van der Waals surface area contributed by atoms with Crippen LogP contribution in [-0.2, 0) is 9.53 Å². The molecule has 0 aromatic heterocycles. The standard InChI is InChI=1S/C8H13F2NO3/c1-14-8(13)6-2-5(12)3-11(6)4-7(9)10/h5-7,12H,2-4H2,1H3. The maximum absolute atomic E-state index is 12.1. The van der Waals surface area contributed by atoms with Crippen molar-refractivity contribution in [2.75, 3.05) is 20.2 Å². The molecule has 4 nitrogen and oxygen atoms in total. The highest BCUT2D eigenvalue weighted by molar-refractivity contribution is 5.76. The van der Waals surface area contributed by atoms with Crippen molar-refractivity contribution < 1.29 is 23.4 Å². The first-order chi connectivity index (χ1) is 6.54. The van der Waals surface area contributed by atoms with Crippen LogP contribution < -0.4 is 0 Å². The van der Waals surface area contributed by atoms with E-state index in [2.05, 4.69) is 4.74 Å². The molecular weight excluding hydrogens is 196 g/mol. The number of carbonyl (C=O) groups is 1. The van der Waals surface area contributed by atoms with Crippen molar-refractivity contribution in [1.29, 1.82) is 0 Å². The second-order valence-corrected chi connectivity index (χ2v) is 3.27. The number of alkyl halides is 2. The van der Waals surface area contributed by atoms with Crippen molar-refractivity contribution in [2.24, 2.45) is 0 Å². The molecule has 1 N–H and O–H groups in total. The van der Waals surface area contributed by atoms with Crippen molar-refractivity contribution in [1.82, 2.24) is 4.90 Å². The summed E-state index contributed by atoms with van der Waals surface area (Å²) in [4.78, 5) is 12.4. The summed E-state index contributed by atoms with van der Waals surface area (Å²) in [6.45, 7) is -0.402. The summed E-state index contributed by atoms with van der Waals surface area (Å²) < 4.78 is 28.6. The fraction of sp³-hybridized carbons (Fsp3) is 0.875. The van der Waals surface area contributed by atoms with Gasteiger partial charge in [0.1, 0.15) is 6.04 Å². The van der Waals surface area contributed by atoms with E-state index in [1.54, 1.807) is 0 Å². The SMILES string of the molecule is COC(=O)C1CC(O)CN1CC(F)F.